The number of nitrogens with two attached hydrogens (primary N) is 1. The molecule has 0 saturated carbocycles. The Hall–Kier alpha value is -3.33. The highest BCUT2D eigenvalue weighted by atomic mass is 32.1. The van der Waals surface area contributed by atoms with Gasteiger partial charge in [-0.3, -0.25) is 23.9 Å². The van der Waals surface area contributed by atoms with E-state index in [2.05, 4.69) is 15.3 Å². The van der Waals surface area contributed by atoms with Crippen LogP contribution in [0.1, 0.15) is 15.4 Å². The van der Waals surface area contributed by atoms with Crippen molar-refractivity contribution in [1.82, 2.24) is 19.9 Å². The van der Waals surface area contributed by atoms with Crippen LogP contribution in [0.5, 0.6) is 0 Å². The van der Waals surface area contributed by atoms with Gasteiger partial charge in [-0.1, -0.05) is 6.07 Å². The maximum Gasteiger partial charge on any atom is 0.287 e. The number of hydrogen-bond donors (Lipinski definition) is 2. The number of primary amides is 1. The van der Waals surface area contributed by atoms with Gasteiger partial charge in [0.2, 0.25) is 5.78 Å². The van der Waals surface area contributed by atoms with Gasteiger partial charge in [-0.25, -0.2) is 4.98 Å². The molecule has 0 aromatic carbocycles. The first-order valence-corrected chi connectivity index (χ1v) is 8.54. The van der Waals surface area contributed by atoms with Crippen molar-refractivity contribution in [2.24, 2.45) is 5.73 Å². The number of ketones is 1. The standard InChI is InChI=1S/C17H15N5O3S/c18-16(24)15(23)13(8-12-2-1-7-26-12)21-17(25)14-9-20-10-22(14)11-3-5-19-6-4-11/h1-7,9-10,13H,8H2,(H2,18,24)(H,21,25). The van der Waals surface area contributed by atoms with Crippen molar-refractivity contribution in [2.45, 2.75) is 12.5 Å². The number of hydrogen-bond acceptors (Lipinski definition) is 6. The quantitative estimate of drug-likeness (QED) is 0.595. The molecule has 3 heterocycles. The Bertz CT molecular complexity index is 921. The highest BCUT2D eigenvalue weighted by Crippen LogP contribution is 2.14. The fourth-order valence-corrected chi connectivity index (χ4v) is 3.17. The largest absolute Gasteiger partial charge is 0.363 e. The summed E-state index contributed by atoms with van der Waals surface area (Å²) < 4.78 is 1.56. The fraction of sp³-hybridized carbons (Fsp3) is 0.118. The molecule has 1 atom stereocenters. The number of pyridine rings is 1. The van der Waals surface area contributed by atoms with Crippen molar-refractivity contribution < 1.29 is 14.4 Å². The molecule has 0 fully saturated rings. The van der Waals surface area contributed by atoms with Gasteiger partial charge >= 0.3 is 0 Å². The lowest BCUT2D eigenvalue weighted by Gasteiger charge is -2.16. The molecular formula is C17H15N5O3S. The number of amides is 2. The molecule has 26 heavy (non-hydrogen) atoms. The lowest BCUT2D eigenvalue weighted by atomic mass is 10.1. The number of rotatable bonds is 7. The molecule has 0 aliphatic heterocycles. The van der Waals surface area contributed by atoms with E-state index in [-0.39, 0.29) is 12.1 Å². The Morgan fingerprint density at radius 2 is 1.96 bits per heavy atom. The zero-order valence-electron chi connectivity index (χ0n) is 13.5. The third-order valence-corrected chi connectivity index (χ3v) is 4.56. The lowest BCUT2D eigenvalue weighted by Crippen LogP contribution is -2.47. The zero-order valence-corrected chi connectivity index (χ0v) is 14.3. The second-order valence-corrected chi connectivity index (χ2v) is 6.42. The van der Waals surface area contributed by atoms with Crippen LogP contribution in [0.25, 0.3) is 5.69 Å². The number of nitrogens with zero attached hydrogens (tertiary/aromatic N) is 3. The van der Waals surface area contributed by atoms with Gasteiger partial charge in [0, 0.05) is 23.7 Å². The van der Waals surface area contributed by atoms with E-state index >= 15 is 0 Å². The Labute approximate surface area is 152 Å². The number of aromatic nitrogens is 3. The van der Waals surface area contributed by atoms with Crippen LogP contribution in [0.3, 0.4) is 0 Å². The molecule has 0 aliphatic carbocycles. The summed E-state index contributed by atoms with van der Waals surface area (Å²) in [6.45, 7) is 0. The SMILES string of the molecule is NC(=O)C(=O)C(Cc1cccs1)NC(=O)c1cncn1-c1ccncc1. The molecule has 2 amide bonds. The molecule has 0 bridgehead atoms. The molecule has 0 saturated heterocycles. The van der Waals surface area contributed by atoms with Crippen LogP contribution >= 0.6 is 11.3 Å². The predicted molar refractivity (Wildman–Crippen MR) is 94.8 cm³/mol. The van der Waals surface area contributed by atoms with Crippen LogP contribution < -0.4 is 11.1 Å². The molecule has 0 radical (unpaired) electrons. The molecule has 3 N–H and O–H groups in total. The molecule has 3 aromatic heterocycles. The number of carbonyl (C=O) groups excluding carboxylic acids is 3. The monoisotopic (exact) mass is 369 g/mol. The normalized spacial score (nSPS) is 11.7. The first-order valence-electron chi connectivity index (χ1n) is 7.66. The summed E-state index contributed by atoms with van der Waals surface area (Å²) in [4.78, 5) is 44.9. The zero-order chi connectivity index (χ0) is 18.5. The fourth-order valence-electron chi connectivity index (χ4n) is 2.42. The van der Waals surface area contributed by atoms with E-state index in [1.54, 1.807) is 29.1 Å². The van der Waals surface area contributed by atoms with Crippen molar-refractivity contribution in [3.63, 3.8) is 0 Å². The van der Waals surface area contributed by atoms with E-state index < -0.39 is 23.6 Å². The predicted octanol–water partition coefficient (Wildman–Crippen LogP) is 0.724. The Balaban J connectivity index is 1.83. The van der Waals surface area contributed by atoms with Gasteiger partial charge in [-0.05, 0) is 23.6 Å². The smallest absolute Gasteiger partial charge is 0.287 e. The van der Waals surface area contributed by atoms with Crippen LogP contribution in [0.4, 0.5) is 0 Å². The lowest BCUT2D eigenvalue weighted by molar-refractivity contribution is -0.137. The summed E-state index contributed by atoms with van der Waals surface area (Å²) in [7, 11) is 0. The summed E-state index contributed by atoms with van der Waals surface area (Å²) in [5, 5.41) is 4.44. The van der Waals surface area contributed by atoms with Gasteiger partial charge in [0.15, 0.2) is 0 Å². The molecule has 0 spiro atoms. The third kappa shape index (κ3) is 3.83. The summed E-state index contributed by atoms with van der Waals surface area (Å²) in [6, 6.07) is 6.04. The first-order chi connectivity index (χ1) is 12.6. The average molecular weight is 369 g/mol. The van der Waals surface area contributed by atoms with Crippen molar-refractivity contribution in [2.75, 3.05) is 0 Å². The Morgan fingerprint density at radius 1 is 1.19 bits per heavy atom. The van der Waals surface area contributed by atoms with Gasteiger partial charge in [0.1, 0.15) is 11.7 Å². The number of Topliss-reactive ketones (excluding diaryl/α,β-unsaturated/α-hetero) is 1. The molecule has 8 nitrogen and oxygen atoms in total. The molecule has 3 aromatic rings. The molecule has 0 aliphatic rings. The summed E-state index contributed by atoms with van der Waals surface area (Å²) in [6.07, 6.45) is 6.23. The van der Waals surface area contributed by atoms with Crippen LogP contribution in [0.15, 0.2) is 54.6 Å². The average Bonchev–Trinajstić information content (AvgIpc) is 3.32. The third-order valence-electron chi connectivity index (χ3n) is 3.66. The molecular weight excluding hydrogens is 354 g/mol. The molecule has 132 valence electrons. The topological polar surface area (TPSA) is 120 Å². The maximum atomic E-state index is 12.7. The van der Waals surface area contributed by atoms with E-state index in [9.17, 15) is 14.4 Å². The van der Waals surface area contributed by atoms with E-state index in [0.717, 1.165) is 4.88 Å². The van der Waals surface area contributed by atoms with Crippen molar-refractivity contribution in [1.29, 1.82) is 0 Å². The minimum absolute atomic E-state index is 0.189. The second-order valence-electron chi connectivity index (χ2n) is 5.39. The number of nitrogens with one attached hydrogen (secondary N) is 1. The highest BCUT2D eigenvalue weighted by Gasteiger charge is 2.27. The van der Waals surface area contributed by atoms with E-state index in [4.69, 9.17) is 5.73 Å². The van der Waals surface area contributed by atoms with Gasteiger partial charge in [0.05, 0.1) is 18.2 Å². The molecule has 1 unspecified atom stereocenters. The Kier molecular flexibility index (Phi) is 5.18. The van der Waals surface area contributed by atoms with E-state index in [1.165, 1.54) is 23.9 Å². The number of imidazole rings is 1. The van der Waals surface area contributed by atoms with Crippen molar-refractivity contribution in [3.8, 4) is 5.69 Å². The minimum atomic E-state index is -1.09. The second kappa shape index (κ2) is 7.70. The summed E-state index contributed by atoms with van der Waals surface area (Å²) >= 11 is 1.42. The van der Waals surface area contributed by atoms with Crippen LogP contribution in [-0.2, 0) is 16.0 Å². The van der Waals surface area contributed by atoms with Crippen molar-refractivity contribution >= 4 is 28.9 Å². The first kappa shape index (κ1) is 17.5. The number of thiophene rings is 1. The van der Waals surface area contributed by atoms with E-state index in [0.29, 0.717) is 5.69 Å². The van der Waals surface area contributed by atoms with Gasteiger partial charge < -0.3 is 11.1 Å². The molecule has 9 heteroatoms. The van der Waals surface area contributed by atoms with Gasteiger partial charge in [-0.15, -0.1) is 11.3 Å². The van der Waals surface area contributed by atoms with Crippen molar-refractivity contribution in [3.05, 3.63) is 65.1 Å². The number of carbonyl (C=O) groups is 3. The molecule has 3 rings (SSSR count). The summed E-state index contributed by atoms with van der Waals surface area (Å²) in [5.41, 5.74) is 6.04. The highest BCUT2D eigenvalue weighted by molar-refractivity contribution is 7.09. The Morgan fingerprint density at radius 3 is 2.62 bits per heavy atom. The minimum Gasteiger partial charge on any atom is -0.363 e. The van der Waals surface area contributed by atoms with Crippen LogP contribution in [0, 0.1) is 0 Å². The maximum absolute atomic E-state index is 12.7. The van der Waals surface area contributed by atoms with Crippen LogP contribution in [-0.4, -0.2) is 38.2 Å². The summed E-state index contributed by atoms with van der Waals surface area (Å²) in [5.74, 6) is -2.47. The van der Waals surface area contributed by atoms with Crippen LogP contribution in [0.2, 0.25) is 0 Å². The van der Waals surface area contributed by atoms with E-state index in [1.807, 2.05) is 17.5 Å². The van der Waals surface area contributed by atoms with Gasteiger partial charge in [-0.2, -0.15) is 0 Å². The van der Waals surface area contributed by atoms with Gasteiger partial charge in [0.25, 0.3) is 11.8 Å².